The van der Waals surface area contributed by atoms with Crippen molar-refractivity contribution >= 4 is 46.2 Å². The van der Waals surface area contributed by atoms with Crippen LogP contribution in [0.5, 0.6) is 0 Å². The SMILES string of the molecule is O=c1c2cc(Cl)ccc2oc2ccc(CS)cc12. The molecule has 2 aromatic carbocycles. The Balaban J connectivity index is 2.49. The summed E-state index contributed by atoms with van der Waals surface area (Å²) in [6.07, 6.45) is 0. The molecule has 0 fully saturated rings. The number of benzene rings is 2. The summed E-state index contributed by atoms with van der Waals surface area (Å²) in [5.74, 6) is 0.586. The highest BCUT2D eigenvalue weighted by Gasteiger charge is 2.08. The van der Waals surface area contributed by atoms with Crippen LogP contribution in [0.4, 0.5) is 0 Å². The molecule has 0 amide bonds. The predicted octanol–water partition coefficient (Wildman–Crippen LogP) is 4.03. The summed E-state index contributed by atoms with van der Waals surface area (Å²) >= 11 is 10.1. The molecule has 0 aliphatic rings. The summed E-state index contributed by atoms with van der Waals surface area (Å²) in [5.41, 5.74) is 2.06. The van der Waals surface area contributed by atoms with Crippen molar-refractivity contribution in [1.82, 2.24) is 0 Å². The summed E-state index contributed by atoms with van der Waals surface area (Å²) in [4.78, 5) is 12.4. The molecule has 18 heavy (non-hydrogen) atoms. The van der Waals surface area contributed by atoms with Gasteiger partial charge in [-0.1, -0.05) is 17.7 Å². The Bertz CT molecular complexity index is 808. The molecule has 0 aliphatic carbocycles. The van der Waals surface area contributed by atoms with E-state index in [1.54, 1.807) is 24.3 Å². The lowest BCUT2D eigenvalue weighted by molar-refractivity contribution is 0.660. The number of hydrogen-bond donors (Lipinski definition) is 1. The summed E-state index contributed by atoms with van der Waals surface area (Å²) < 4.78 is 5.70. The van der Waals surface area contributed by atoms with E-state index in [1.165, 1.54) is 0 Å². The van der Waals surface area contributed by atoms with Crippen molar-refractivity contribution in [3.63, 3.8) is 0 Å². The molecule has 0 atom stereocenters. The fourth-order valence-corrected chi connectivity index (χ4v) is 2.34. The van der Waals surface area contributed by atoms with Crippen LogP contribution in [0.1, 0.15) is 5.56 Å². The van der Waals surface area contributed by atoms with Gasteiger partial charge in [0.25, 0.3) is 0 Å². The maximum atomic E-state index is 12.4. The first kappa shape index (κ1) is 11.6. The summed E-state index contributed by atoms with van der Waals surface area (Å²) in [6, 6.07) is 10.6. The zero-order valence-electron chi connectivity index (χ0n) is 9.31. The fraction of sp³-hybridized carbons (Fsp3) is 0.0714. The number of rotatable bonds is 1. The van der Waals surface area contributed by atoms with Gasteiger partial charge < -0.3 is 4.42 Å². The summed E-state index contributed by atoms with van der Waals surface area (Å²) in [5, 5.41) is 1.60. The molecule has 1 aromatic heterocycles. The van der Waals surface area contributed by atoms with Crippen LogP contribution < -0.4 is 5.43 Å². The number of thiol groups is 1. The van der Waals surface area contributed by atoms with Gasteiger partial charge in [0.1, 0.15) is 11.2 Å². The second-order valence-corrected chi connectivity index (χ2v) is 4.81. The Labute approximate surface area is 114 Å². The van der Waals surface area contributed by atoms with Crippen molar-refractivity contribution in [3.05, 3.63) is 57.2 Å². The molecule has 2 nitrogen and oxygen atoms in total. The van der Waals surface area contributed by atoms with E-state index >= 15 is 0 Å². The zero-order valence-corrected chi connectivity index (χ0v) is 11.0. The van der Waals surface area contributed by atoms with Gasteiger partial charge in [-0.05, 0) is 35.9 Å². The normalized spacial score (nSPS) is 11.2. The van der Waals surface area contributed by atoms with Gasteiger partial charge >= 0.3 is 0 Å². The molecule has 3 aromatic rings. The molecule has 0 radical (unpaired) electrons. The molecular formula is C14H9ClO2S. The first-order valence-corrected chi connectivity index (χ1v) is 6.46. The number of fused-ring (bicyclic) bond motifs is 2. The van der Waals surface area contributed by atoms with Gasteiger partial charge in [-0.25, -0.2) is 0 Å². The maximum Gasteiger partial charge on any atom is 0.200 e. The Morgan fingerprint density at radius 2 is 1.72 bits per heavy atom. The molecule has 0 saturated carbocycles. The molecule has 0 unspecified atom stereocenters. The quantitative estimate of drug-likeness (QED) is 0.537. The Morgan fingerprint density at radius 1 is 1.06 bits per heavy atom. The van der Waals surface area contributed by atoms with Crippen molar-refractivity contribution in [1.29, 1.82) is 0 Å². The summed E-state index contributed by atoms with van der Waals surface area (Å²) in [7, 11) is 0. The molecule has 0 aliphatic heterocycles. The maximum absolute atomic E-state index is 12.4. The minimum absolute atomic E-state index is 0.0580. The summed E-state index contributed by atoms with van der Waals surface area (Å²) in [6.45, 7) is 0. The van der Waals surface area contributed by atoms with Crippen LogP contribution in [0.2, 0.25) is 5.02 Å². The topological polar surface area (TPSA) is 30.2 Å². The zero-order chi connectivity index (χ0) is 12.7. The molecule has 0 N–H and O–H groups in total. The third-order valence-corrected chi connectivity index (χ3v) is 3.48. The molecule has 3 rings (SSSR count). The van der Waals surface area contributed by atoms with E-state index in [0.29, 0.717) is 32.7 Å². The van der Waals surface area contributed by atoms with Crippen LogP contribution in [0.25, 0.3) is 21.9 Å². The van der Waals surface area contributed by atoms with Gasteiger partial charge in [0, 0.05) is 10.8 Å². The highest BCUT2D eigenvalue weighted by Crippen LogP contribution is 2.22. The van der Waals surface area contributed by atoms with Crippen LogP contribution >= 0.6 is 24.2 Å². The molecule has 0 bridgehead atoms. The van der Waals surface area contributed by atoms with Crippen molar-refractivity contribution in [2.24, 2.45) is 0 Å². The predicted molar refractivity (Wildman–Crippen MR) is 77.7 cm³/mol. The molecule has 0 spiro atoms. The van der Waals surface area contributed by atoms with Gasteiger partial charge in [0.15, 0.2) is 0 Å². The second kappa shape index (κ2) is 4.34. The van der Waals surface area contributed by atoms with Gasteiger partial charge in [0.05, 0.1) is 10.8 Å². The highest BCUT2D eigenvalue weighted by molar-refractivity contribution is 7.79. The molecule has 4 heteroatoms. The third-order valence-electron chi connectivity index (χ3n) is 2.88. The Hall–Kier alpha value is -1.45. The number of hydrogen-bond acceptors (Lipinski definition) is 3. The van der Waals surface area contributed by atoms with Gasteiger partial charge in [-0.2, -0.15) is 12.6 Å². The van der Waals surface area contributed by atoms with Gasteiger partial charge in [-0.15, -0.1) is 0 Å². The van der Waals surface area contributed by atoms with Crippen molar-refractivity contribution in [2.45, 2.75) is 5.75 Å². The molecule has 0 saturated heterocycles. The first-order valence-electron chi connectivity index (χ1n) is 5.45. The van der Waals surface area contributed by atoms with Crippen LogP contribution in [0, 0.1) is 0 Å². The van der Waals surface area contributed by atoms with E-state index < -0.39 is 0 Å². The fourth-order valence-electron chi connectivity index (χ4n) is 1.97. The van der Waals surface area contributed by atoms with Crippen molar-refractivity contribution in [2.75, 3.05) is 0 Å². The lowest BCUT2D eigenvalue weighted by atomic mass is 10.1. The van der Waals surface area contributed by atoms with E-state index in [1.807, 2.05) is 12.1 Å². The Kier molecular flexibility index (Phi) is 2.80. The second-order valence-electron chi connectivity index (χ2n) is 4.06. The smallest absolute Gasteiger partial charge is 0.200 e. The third kappa shape index (κ3) is 1.80. The Morgan fingerprint density at radius 3 is 2.44 bits per heavy atom. The van der Waals surface area contributed by atoms with Crippen LogP contribution in [0.15, 0.2) is 45.6 Å². The van der Waals surface area contributed by atoms with Gasteiger partial charge in [0.2, 0.25) is 5.43 Å². The average Bonchev–Trinajstić information content (AvgIpc) is 2.40. The van der Waals surface area contributed by atoms with Crippen molar-refractivity contribution in [3.8, 4) is 0 Å². The van der Waals surface area contributed by atoms with Gasteiger partial charge in [-0.3, -0.25) is 4.79 Å². The van der Waals surface area contributed by atoms with Crippen LogP contribution in [-0.4, -0.2) is 0 Å². The van der Waals surface area contributed by atoms with Crippen LogP contribution in [0.3, 0.4) is 0 Å². The van der Waals surface area contributed by atoms with Crippen molar-refractivity contribution < 1.29 is 4.42 Å². The molecule has 90 valence electrons. The largest absolute Gasteiger partial charge is 0.456 e. The minimum atomic E-state index is -0.0580. The monoisotopic (exact) mass is 276 g/mol. The van der Waals surface area contributed by atoms with E-state index in [4.69, 9.17) is 16.0 Å². The average molecular weight is 277 g/mol. The van der Waals surface area contributed by atoms with E-state index in [0.717, 1.165) is 5.56 Å². The standard InChI is InChI=1S/C14H9ClO2S/c15-9-2-4-13-11(6-9)14(16)10-5-8(7-18)1-3-12(10)17-13/h1-6,18H,7H2. The number of halogens is 1. The molecule has 1 heterocycles. The van der Waals surface area contributed by atoms with E-state index in [9.17, 15) is 4.79 Å². The lowest BCUT2D eigenvalue weighted by Gasteiger charge is -2.03. The van der Waals surface area contributed by atoms with E-state index in [-0.39, 0.29) is 5.43 Å². The van der Waals surface area contributed by atoms with Crippen LogP contribution in [-0.2, 0) is 5.75 Å². The van der Waals surface area contributed by atoms with E-state index in [2.05, 4.69) is 12.6 Å². The first-order chi connectivity index (χ1) is 8.69. The molecular weight excluding hydrogens is 268 g/mol. The highest BCUT2D eigenvalue weighted by atomic mass is 35.5. The minimum Gasteiger partial charge on any atom is -0.456 e. The lowest BCUT2D eigenvalue weighted by Crippen LogP contribution is -2.02.